The molecule has 1 aliphatic carbocycles. The van der Waals surface area contributed by atoms with Crippen molar-refractivity contribution < 1.29 is 15.0 Å². The van der Waals surface area contributed by atoms with Gasteiger partial charge < -0.3 is 10.2 Å². The number of carbonyl (C=O) groups is 1. The minimum Gasteiger partial charge on any atom is -0.478 e. The molecule has 26 heavy (non-hydrogen) atoms. The average Bonchev–Trinajstić information content (AvgIpc) is 3.16. The average molecular weight is 353 g/mol. The van der Waals surface area contributed by atoms with Gasteiger partial charge in [-0.1, -0.05) is 17.3 Å². The molecule has 2 atom stereocenters. The first kappa shape index (κ1) is 16.5. The van der Waals surface area contributed by atoms with Gasteiger partial charge in [-0.3, -0.25) is 4.68 Å². The number of rotatable bonds is 5. The van der Waals surface area contributed by atoms with Gasteiger partial charge in [0.25, 0.3) is 0 Å². The maximum absolute atomic E-state index is 11.9. The van der Waals surface area contributed by atoms with Crippen molar-refractivity contribution >= 4 is 5.97 Å². The van der Waals surface area contributed by atoms with E-state index in [1.165, 1.54) is 0 Å². The third-order valence-corrected chi connectivity index (χ3v) is 4.79. The van der Waals surface area contributed by atoms with Crippen LogP contribution in [0.4, 0.5) is 0 Å². The van der Waals surface area contributed by atoms with Crippen LogP contribution in [-0.4, -0.2) is 41.0 Å². The molecule has 4 rings (SSSR count). The number of carboxylic acid groups (broad SMARTS) is 1. The van der Waals surface area contributed by atoms with Gasteiger partial charge in [0.1, 0.15) is 5.56 Å². The van der Waals surface area contributed by atoms with Gasteiger partial charge in [0.15, 0.2) is 0 Å². The predicted molar refractivity (Wildman–Crippen MR) is 92.3 cm³/mol. The molecule has 8 nitrogen and oxygen atoms in total. The van der Waals surface area contributed by atoms with Gasteiger partial charge in [-0.25, -0.2) is 9.48 Å². The van der Waals surface area contributed by atoms with E-state index in [0.717, 1.165) is 23.4 Å². The molecule has 1 saturated carbocycles. The number of aryl methyl sites for hydroxylation is 2. The van der Waals surface area contributed by atoms with Crippen molar-refractivity contribution in [2.75, 3.05) is 0 Å². The van der Waals surface area contributed by atoms with Crippen LogP contribution in [0.15, 0.2) is 30.5 Å². The third-order valence-electron chi connectivity index (χ3n) is 4.79. The normalized spacial score (nSPS) is 18.9. The second-order valence-electron chi connectivity index (χ2n) is 6.66. The number of hydrogen-bond acceptors (Lipinski definition) is 5. The predicted octanol–water partition coefficient (Wildman–Crippen LogP) is 1.77. The van der Waals surface area contributed by atoms with Crippen LogP contribution in [0.2, 0.25) is 0 Å². The summed E-state index contributed by atoms with van der Waals surface area (Å²) >= 11 is 0. The molecular formula is C18H19N5O3. The van der Waals surface area contributed by atoms with Gasteiger partial charge in [0, 0.05) is 25.1 Å². The summed E-state index contributed by atoms with van der Waals surface area (Å²) in [5.41, 5.74) is 3.76. The smallest absolute Gasteiger partial charge is 0.339 e. The second-order valence-corrected chi connectivity index (χ2v) is 6.66. The molecule has 0 aliphatic heterocycles. The molecule has 1 aliphatic rings. The number of carboxylic acids is 1. The van der Waals surface area contributed by atoms with E-state index in [1.54, 1.807) is 16.3 Å². The molecule has 0 saturated heterocycles. The van der Waals surface area contributed by atoms with Crippen molar-refractivity contribution in [1.29, 1.82) is 0 Å². The number of hydrogen-bond donors (Lipinski definition) is 2. The Balaban J connectivity index is 1.81. The molecule has 0 bridgehead atoms. The van der Waals surface area contributed by atoms with Gasteiger partial charge in [-0.05, 0) is 31.0 Å². The summed E-state index contributed by atoms with van der Waals surface area (Å²) in [6, 6.07) is 7.33. The summed E-state index contributed by atoms with van der Waals surface area (Å²) < 4.78 is 3.34. The lowest BCUT2D eigenvalue weighted by Gasteiger charge is -2.09. The summed E-state index contributed by atoms with van der Waals surface area (Å²) in [4.78, 5) is 11.9. The van der Waals surface area contributed by atoms with E-state index in [0.29, 0.717) is 11.4 Å². The van der Waals surface area contributed by atoms with Crippen LogP contribution >= 0.6 is 0 Å². The van der Waals surface area contributed by atoms with Gasteiger partial charge in [0.05, 0.1) is 29.4 Å². The topological polar surface area (TPSA) is 106 Å². The first-order valence-electron chi connectivity index (χ1n) is 8.38. The van der Waals surface area contributed by atoms with Gasteiger partial charge >= 0.3 is 5.97 Å². The summed E-state index contributed by atoms with van der Waals surface area (Å²) in [6.07, 6.45) is 2.68. The molecule has 2 heterocycles. The van der Waals surface area contributed by atoms with Gasteiger partial charge in [-0.2, -0.15) is 5.10 Å². The highest BCUT2D eigenvalue weighted by Gasteiger charge is 2.46. The maximum Gasteiger partial charge on any atom is 0.339 e. The Bertz CT molecular complexity index is 991. The van der Waals surface area contributed by atoms with Crippen molar-refractivity contribution in [3.63, 3.8) is 0 Å². The lowest BCUT2D eigenvalue weighted by molar-refractivity contribution is 0.0694. The van der Waals surface area contributed by atoms with E-state index in [1.807, 2.05) is 37.5 Å². The van der Waals surface area contributed by atoms with Crippen molar-refractivity contribution in [2.24, 2.45) is 7.05 Å². The summed E-state index contributed by atoms with van der Waals surface area (Å²) in [5.74, 6) is -0.818. The molecular weight excluding hydrogens is 334 g/mol. The molecule has 2 unspecified atom stereocenters. The SMILES string of the molecule is Cc1nn(-c2cccc(CO)c2)c(C2CC2c2cn(C)nn2)c1C(=O)O. The Morgan fingerprint density at radius 1 is 1.35 bits per heavy atom. The molecule has 3 aromatic rings. The molecule has 0 spiro atoms. The fourth-order valence-electron chi connectivity index (χ4n) is 3.49. The number of benzene rings is 1. The van der Waals surface area contributed by atoms with Crippen LogP contribution in [0.1, 0.15) is 51.3 Å². The Hall–Kier alpha value is -3.00. The molecule has 8 heteroatoms. The summed E-state index contributed by atoms with van der Waals surface area (Å²) in [5, 5.41) is 31.7. The highest BCUT2D eigenvalue weighted by molar-refractivity contribution is 5.91. The van der Waals surface area contributed by atoms with E-state index in [4.69, 9.17) is 0 Å². The Morgan fingerprint density at radius 3 is 2.81 bits per heavy atom. The Labute approximate surface area is 149 Å². The molecule has 2 N–H and O–H groups in total. The van der Waals surface area contributed by atoms with Crippen molar-refractivity contribution in [2.45, 2.75) is 31.8 Å². The molecule has 1 aromatic carbocycles. The zero-order valence-electron chi connectivity index (χ0n) is 14.5. The van der Waals surface area contributed by atoms with Crippen LogP contribution in [0.25, 0.3) is 5.69 Å². The van der Waals surface area contributed by atoms with Crippen LogP contribution in [-0.2, 0) is 13.7 Å². The van der Waals surface area contributed by atoms with Gasteiger partial charge in [0.2, 0.25) is 0 Å². The molecule has 0 radical (unpaired) electrons. The fraction of sp³-hybridized carbons (Fsp3) is 0.333. The molecule has 0 amide bonds. The number of aromatic carboxylic acids is 1. The zero-order valence-corrected chi connectivity index (χ0v) is 14.5. The van der Waals surface area contributed by atoms with E-state index in [2.05, 4.69) is 15.4 Å². The van der Waals surface area contributed by atoms with Gasteiger partial charge in [-0.15, -0.1) is 5.10 Å². The van der Waals surface area contributed by atoms with E-state index < -0.39 is 5.97 Å². The monoisotopic (exact) mass is 353 g/mol. The number of aliphatic hydroxyl groups is 1. The minimum atomic E-state index is -0.980. The fourth-order valence-corrected chi connectivity index (χ4v) is 3.49. The molecule has 134 valence electrons. The maximum atomic E-state index is 11.9. The van der Waals surface area contributed by atoms with E-state index in [9.17, 15) is 15.0 Å². The first-order valence-corrected chi connectivity index (χ1v) is 8.38. The van der Waals surface area contributed by atoms with E-state index >= 15 is 0 Å². The zero-order chi connectivity index (χ0) is 18.4. The quantitative estimate of drug-likeness (QED) is 0.724. The number of aromatic nitrogens is 5. The largest absolute Gasteiger partial charge is 0.478 e. The number of aliphatic hydroxyl groups excluding tert-OH is 1. The summed E-state index contributed by atoms with van der Waals surface area (Å²) in [6.45, 7) is 1.62. The van der Waals surface area contributed by atoms with Crippen LogP contribution in [0.3, 0.4) is 0 Å². The van der Waals surface area contributed by atoms with Crippen molar-refractivity contribution in [1.82, 2.24) is 24.8 Å². The molecule has 1 fully saturated rings. The lowest BCUT2D eigenvalue weighted by atomic mass is 10.1. The Morgan fingerprint density at radius 2 is 2.15 bits per heavy atom. The molecule has 2 aromatic heterocycles. The minimum absolute atomic E-state index is 0.0248. The van der Waals surface area contributed by atoms with Crippen LogP contribution < -0.4 is 0 Å². The van der Waals surface area contributed by atoms with Crippen molar-refractivity contribution in [3.05, 3.63) is 58.7 Å². The lowest BCUT2D eigenvalue weighted by Crippen LogP contribution is -2.07. The number of nitrogens with zero attached hydrogens (tertiary/aromatic N) is 5. The highest BCUT2D eigenvalue weighted by Crippen LogP contribution is 2.55. The summed E-state index contributed by atoms with van der Waals surface area (Å²) in [7, 11) is 1.81. The highest BCUT2D eigenvalue weighted by atomic mass is 16.4. The van der Waals surface area contributed by atoms with E-state index in [-0.39, 0.29) is 24.0 Å². The van der Waals surface area contributed by atoms with Crippen LogP contribution in [0, 0.1) is 6.92 Å². The van der Waals surface area contributed by atoms with Crippen molar-refractivity contribution in [3.8, 4) is 5.69 Å². The van der Waals surface area contributed by atoms with Crippen LogP contribution in [0.5, 0.6) is 0 Å². The second kappa shape index (κ2) is 6.06. The first-order chi connectivity index (χ1) is 12.5. The standard InChI is InChI=1S/C18H19N5O3/c1-10-16(18(25)26)17(14-7-13(14)15-8-22(2)21-19-15)23(20-10)12-5-3-4-11(6-12)9-24/h3-6,8,13-14,24H,7,9H2,1-2H3,(H,25,26). The third kappa shape index (κ3) is 2.68. The Kier molecular flexibility index (Phi) is 3.84.